The minimum Gasteiger partial charge on any atom is -0.494 e. The molecule has 2 N–H and O–H groups in total. The summed E-state index contributed by atoms with van der Waals surface area (Å²) in [6, 6.07) is 7.54. The third-order valence-electron chi connectivity index (χ3n) is 4.51. The van der Waals surface area contributed by atoms with Crippen molar-refractivity contribution < 1.29 is 4.74 Å². The monoisotopic (exact) mass is 398 g/mol. The van der Waals surface area contributed by atoms with Crippen LogP contribution in [0, 0.1) is 5.92 Å². The standard InChI is InChI=1S/C20H26N6O3/c1-5-29-15-8-6-14(7-9-15)12-21-24-19-22-17-16(26(19)11-10-13(2)3)18(27)23-20(28)25(17)4/h6-9,12-13H,5,10-11H2,1-4H3,(H,22,24)(H,23,27,28). The van der Waals surface area contributed by atoms with Gasteiger partial charge in [-0.05, 0) is 49.1 Å². The van der Waals surface area contributed by atoms with Gasteiger partial charge < -0.3 is 9.30 Å². The molecule has 0 atom stereocenters. The quantitative estimate of drug-likeness (QED) is 0.447. The third kappa shape index (κ3) is 4.56. The van der Waals surface area contributed by atoms with Crippen LogP contribution in [0.5, 0.6) is 5.75 Å². The fourth-order valence-electron chi connectivity index (χ4n) is 2.91. The molecule has 0 radical (unpaired) electrons. The van der Waals surface area contributed by atoms with Crippen molar-refractivity contribution in [2.45, 2.75) is 33.7 Å². The lowest BCUT2D eigenvalue weighted by Gasteiger charge is -2.09. The molecule has 3 rings (SSSR count). The van der Waals surface area contributed by atoms with Gasteiger partial charge in [-0.15, -0.1) is 0 Å². The van der Waals surface area contributed by atoms with Gasteiger partial charge in [-0.25, -0.2) is 10.2 Å². The zero-order chi connectivity index (χ0) is 21.0. The van der Waals surface area contributed by atoms with Crippen LogP contribution < -0.4 is 21.4 Å². The van der Waals surface area contributed by atoms with Crippen molar-refractivity contribution in [1.82, 2.24) is 19.1 Å². The molecule has 1 aromatic carbocycles. The molecule has 0 aliphatic heterocycles. The highest BCUT2D eigenvalue weighted by atomic mass is 16.5. The number of aryl methyl sites for hydroxylation is 2. The van der Waals surface area contributed by atoms with E-state index < -0.39 is 11.2 Å². The first-order valence-corrected chi connectivity index (χ1v) is 9.62. The fourth-order valence-corrected chi connectivity index (χ4v) is 2.91. The molecule has 0 fully saturated rings. The van der Waals surface area contributed by atoms with Crippen molar-refractivity contribution in [1.29, 1.82) is 0 Å². The van der Waals surface area contributed by atoms with Crippen LogP contribution in [0.25, 0.3) is 11.2 Å². The number of imidazole rings is 1. The molecule has 2 heterocycles. The van der Waals surface area contributed by atoms with E-state index in [4.69, 9.17) is 4.74 Å². The van der Waals surface area contributed by atoms with Crippen LogP contribution in [0.15, 0.2) is 39.0 Å². The second kappa shape index (κ2) is 8.76. The van der Waals surface area contributed by atoms with Gasteiger partial charge in [0.2, 0.25) is 5.95 Å². The number of hydrogen-bond acceptors (Lipinski definition) is 6. The van der Waals surface area contributed by atoms with Gasteiger partial charge in [0, 0.05) is 13.6 Å². The minimum absolute atomic E-state index is 0.321. The number of aromatic nitrogens is 4. The highest BCUT2D eigenvalue weighted by molar-refractivity contribution is 5.80. The van der Waals surface area contributed by atoms with Crippen LogP contribution >= 0.6 is 0 Å². The summed E-state index contributed by atoms with van der Waals surface area (Å²) in [5.74, 6) is 1.65. The Morgan fingerprint density at radius 3 is 2.66 bits per heavy atom. The van der Waals surface area contributed by atoms with Crippen LogP contribution in [0.4, 0.5) is 5.95 Å². The van der Waals surface area contributed by atoms with Crippen molar-refractivity contribution in [2.75, 3.05) is 12.0 Å². The molecular weight excluding hydrogens is 372 g/mol. The van der Waals surface area contributed by atoms with Crippen molar-refractivity contribution >= 4 is 23.3 Å². The van der Waals surface area contributed by atoms with Gasteiger partial charge in [-0.3, -0.25) is 14.3 Å². The zero-order valence-electron chi connectivity index (χ0n) is 17.1. The molecular formula is C20H26N6O3. The summed E-state index contributed by atoms with van der Waals surface area (Å²) in [6.45, 7) is 7.34. The predicted molar refractivity (Wildman–Crippen MR) is 114 cm³/mol. The highest BCUT2D eigenvalue weighted by Crippen LogP contribution is 2.17. The maximum absolute atomic E-state index is 12.4. The molecule has 0 aliphatic carbocycles. The Hall–Kier alpha value is -3.36. The molecule has 0 spiro atoms. The first-order chi connectivity index (χ1) is 13.9. The number of nitrogens with one attached hydrogen (secondary N) is 2. The lowest BCUT2D eigenvalue weighted by Crippen LogP contribution is -2.29. The molecule has 0 saturated heterocycles. The van der Waals surface area contributed by atoms with Gasteiger partial charge >= 0.3 is 5.69 Å². The highest BCUT2D eigenvalue weighted by Gasteiger charge is 2.17. The molecule has 0 aliphatic rings. The van der Waals surface area contributed by atoms with Gasteiger partial charge in [0.15, 0.2) is 11.2 Å². The number of rotatable bonds is 8. The molecule has 0 unspecified atom stereocenters. The van der Waals surface area contributed by atoms with Gasteiger partial charge in [-0.2, -0.15) is 10.1 Å². The lowest BCUT2D eigenvalue weighted by atomic mass is 10.1. The molecule has 3 aromatic rings. The number of anilines is 1. The van der Waals surface area contributed by atoms with Crippen molar-refractivity contribution in [3.63, 3.8) is 0 Å². The maximum Gasteiger partial charge on any atom is 0.329 e. The second-order valence-corrected chi connectivity index (χ2v) is 7.13. The van der Waals surface area contributed by atoms with Crippen LogP contribution in [-0.2, 0) is 13.6 Å². The predicted octanol–water partition coefficient (Wildman–Crippen LogP) is 2.31. The Morgan fingerprint density at radius 2 is 2.00 bits per heavy atom. The summed E-state index contributed by atoms with van der Waals surface area (Å²) in [7, 11) is 1.58. The number of hydrazone groups is 1. The molecule has 0 saturated carbocycles. The molecule has 29 heavy (non-hydrogen) atoms. The SMILES string of the molecule is CCOc1ccc(C=NNc2nc3c(c(=O)[nH]c(=O)n3C)n2CCC(C)C)cc1. The van der Waals surface area contributed by atoms with E-state index in [0.29, 0.717) is 36.2 Å². The number of nitrogens with zero attached hydrogens (tertiary/aromatic N) is 4. The molecule has 0 bridgehead atoms. The summed E-state index contributed by atoms with van der Waals surface area (Å²) in [4.78, 5) is 31.1. The summed E-state index contributed by atoms with van der Waals surface area (Å²) in [5, 5.41) is 4.25. The largest absolute Gasteiger partial charge is 0.494 e. The van der Waals surface area contributed by atoms with E-state index in [1.165, 1.54) is 4.57 Å². The number of hydrogen-bond donors (Lipinski definition) is 2. The lowest BCUT2D eigenvalue weighted by molar-refractivity contribution is 0.340. The first-order valence-electron chi connectivity index (χ1n) is 9.62. The molecule has 0 amide bonds. The van der Waals surface area contributed by atoms with Crippen LogP contribution in [0.3, 0.4) is 0 Å². The summed E-state index contributed by atoms with van der Waals surface area (Å²) < 4.78 is 8.52. The Bertz CT molecular complexity index is 1120. The third-order valence-corrected chi connectivity index (χ3v) is 4.51. The Balaban J connectivity index is 1.92. The van der Waals surface area contributed by atoms with E-state index in [2.05, 4.69) is 34.3 Å². The zero-order valence-corrected chi connectivity index (χ0v) is 17.1. The van der Waals surface area contributed by atoms with Crippen molar-refractivity contribution in [2.24, 2.45) is 18.1 Å². The number of ether oxygens (including phenoxy) is 1. The number of H-pyrrole nitrogens is 1. The molecule has 154 valence electrons. The normalized spacial score (nSPS) is 11.6. The van der Waals surface area contributed by atoms with Crippen LogP contribution in [0.1, 0.15) is 32.8 Å². The number of benzene rings is 1. The van der Waals surface area contributed by atoms with Crippen molar-refractivity contribution in [3.05, 3.63) is 50.7 Å². The van der Waals surface area contributed by atoms with E-state index in [9.17, 15) is 9.59 Å². The number of aromatic amines is 1. The summed E-state index contributed by atoms with van der Waals surface area (Å²) >= 11 is 0. The number of fused-ring (bicyclic) bond motifs is 1. The van der Waals surface area contributed by atoms with Crippen molar-refractivity contribution in [3.8, 4) is 5.75 Å². The molecule has 9 nitrogen and oxygen atoms in total. The van der Waals surface area contributed by atoms with E-state index in [1.807, 2.05) is 31.2 Å². The average molecular weight is 398 g/mol. The topological polar surface area (TPSA) is 106 Å². The molecule has 2 aromatic heterocycles. The fraction of sp³-hybridized carbons (Fsp3) is 0.400. The summed E-state index contributed by atoms with van der Waals surface area (Å²) in [6.07, 6.45) is 2.51. The van der Waals surface area contributed by atoms with E-state index >= 15 is 0 Å². The Labute approximate surface area is 168 Å². The summed E-state index contributed by atoms with van der Waals surface area (Å²) in [5.41, 5.74) is 3.51. The van der Waals surface area contributed by atoms with Gasteiger partial charge in [0.05, 0.1) is 12.8 Å². The van der Waals surface area contributed by atoms with Crippen LogP contribution in [-0.4, -0.2) is 31.9 Å². The minimum atomic E-state index is -0.500. The van der Waals surface area contributed by atoms with Gasteiger partial charge in [0.1, 0.15) is 5.75 Å². The molecule has 9 heteroatoms. The van der Waals surface area contributed by atoms with E-state index in [-0.39, 0.29) is 0 Å². The first kappa shape index (κ1) is 20.4. The van der Waals surface area contributed by atoms with Gasteiger partial charge in [-0.1, -0.05) is 13.8 Å². The van der Waals surface area contributed by atoms with E-state index in [0.717, 1.165) is 17.7 Å². The van der Waals surface area contributed by atoms with E-state index in [1.54, 1.807) is 17.8 Å². The second-order valence-electron chi connectivity index (χ2n) is 7.13. The van der Waals surface area contributed by atoms with Crippen LogP contribution in [0.2, 0.25) is 0 Å². The van der Waals surface area contributed by atoms with Gasteiger partial charge in [0.25, 0.3) is 5.56 Å². The Morgan fingerprint density at radius 1 is 1.28 bits per heavy atom. The average Bonchev–Trinajstić information content (AvgIpc) is 3.05. The Kier molecular flexibility index (Phi) is 6.16. The smallest absolute Gasteiger partial charge is 0.329 e. The maximum atomic E-state index is 12.4.